The molecule has 0 aromatic heterocycles. The fourth-order valence-electron chi connectivity index (χ4n) is 2.15. The van der Waals surface area contributed by atoms with Crippen LogP contribution in [0.15, 0.2) is 42.5 Å². The van der Waals surface area contributed by atoms with Gasteiger partial charge in [0.1, 0.15) is 11.5 Å². The van der Waals surface area contributed by atoms with Gasteiger partial charge in [-0.1, -0.05) is 24.3 Å². The van der Waals surface area contributed by atoms with Crippen molar-refractivity contribution in [3.63, 3.8) is 0 Å². The van der Waals surface area contributed by atoms with E-state index in [1.165, 1.54) is 0 Å². The van der Waals surface area contributed by atoms with Crippen LogP contribution in [0, 0.1) is 6.92 Å². The van der Waals surface area contributed by atoms with E-state index in [0.717, 1.165) is 28.2 Å². The zero-order chi connectivity index (χ0) is 14.5. The van der Waals surface area contributed by atoms with Gasteiger partial charge in [0.25, 0.3) is 0 Å². The quantitative estimate of drug-likeness (QED) is 0.907. The van der Waals surface area contributed by atoms with Gasteiger partial charge in [-0.2, -0.15) is 0 Å². The molecule has 0 aliphatic heterocycles. The van der Waals surface area contributed by atoms with E-state index >= 15 is 0 Å². The molecule has 20 heavy (non-hydrogen) atoms. The zero-order valence-electron chi connectivity index (χ0n) is 12.1. The van der Waals surface area contributed by atoms with Crippen molar-refractivity contribution in [2.45, 2.75) is 19.4 Å². The Bertz CT molecular complexity index is 561. The largest absolute Gasteiger partial charge is 0.497 e. The average Bonchev–Trinajstić information content (AvgIpc) is 2.48. The number of ether oxygens (including phenoxy) is 2. The Morgan fingerprint density at radius 1 is 1.00 bits per heavy atom. The highest BCUT2D eigenvalue weighted by molar-refractivity contribution is 5.38. The Morgan fingerprint density at radius 3 is 2.30 bits per heavy atom. The summed E-state index contributed by atoms with van der Waals surface area (Å²) in [5.74, 6) is 1.62. The smallest absolute Gasteiger partial charge is 0.122 e. The van der Waals surface area contributed by atoms with Crippen molar-refractivity contribution in [1.82, 2.24) is 0 Å². The predicted molar refractivity (Wildman–Crippen MR) is 79.4 cm³/mol. The highest BCUT2D eigenvalue weighted by Gasteiger charge is 2.11. The number of aliphatic hydroxyl groups excluding tert-OH is 1. The van der Waals surface area contributed by atoms with Crippen LogP contribution in [0.5, 0.6) is 11.5 Å². The maximum atomic E-state index is 10.3. The molecule has 0 saturated heterocycles. The summed E-state index contributed by atoms with van der Waals surface area (Å²) >= 11 is 0. The highest BCUT2D eigenvalue weighted by Crippen LogP contribution is 2.25. The first kappa shape index (κ1) is 14.4. The highest BCUT2D eigenvalue weighted by atomic mass is 16.5. The number of hydrogen-bond acceptors (Lipinski definition) is 3. The van der Waals surface area contributed by atoms with Crippen LogP contribution >= 0.6 is 0 Å². The Labute approximate surface area is 119 Å². The van der Waals surface area contributed by atoms with Crippen molar-refractivity contribution in [1.29, 1.82) is 0 Å². The molecule has 1 N–H and O–H groups in total. The van der Waals surface area contributed by atoms with Crippen LogP contribution in [0.4, 0.5) is 0 Å². The van der Waals surface area contributed by atoms with E-state index in [1.54, 1.807) is 14.2 Å². The van der Waals surface area contributed by atoms with Crippen molar-refractivity contribution in [3.8, 4) is 11.5 Å². The first-order valence-corrected chi connectivity index (χ1v) is 6.59. The third-order valence-electron chi connectivity index (χ3n) is 3.40. The maximum Gasteiger partial charge on any atom is 0.122 e. The van der Waals surface area contributed by atoms with Gasteiger partial charge in [0.05, 0.1) is 20.3 Å². The van der Waals surface area contributed by atoms with Crippen LogP contribution < -0.4 is 9.47 Å². The standard InChI is InChI=1S/C17H20O3/c1-12-4-7-14(11-17(12)20-3)16(18)10-13-5-8-15(19-2)9-6-13/h4-9,11,16,18H,10H2,1-3H3. The van der Waals surface area contributed by atoms with Crippen LogP contribution in [0.1, 0.15) is 22.8 Å². The Morgan fingerprint density at radius 2 is 1.70 bits per heavy atom. The van der Waals surface area contributed by atoms with E-state index in [4.69, 9.17) is 9.47 Å². The summed E-state index contributed by atoms with van der Waals surface area (Å²) in [6.07, 6.45) is 0.0221. The first-order valence-electron chi connectivity index (χ1n) is 6.59. The Balaban J connectivity index is 2.12. The van der Waals surface area contributed by atoms with E-state index in [2.05, 4.69) is 0 Å². The lowest BCUT2D eigenvalue weighted by Crippen LogP contribution is -2.02. The number of hydrogen-bond donors (Lipinski definition) is 1. The number of rotatable bonds is 5. The van der Waals surface area contributed by atoms with Crippen molar-refractivity contribution < 1.29 is 14.6 Å². The Hall–Kier alpha value is -2.00. The molecular weight excluding hydrogens is 252 g/mol. The van der Waals surface area contributed by atoms with Gasteiger partial charge < -0.3 is 14.6 Å². The normalized spacial score (nSPS) is 12.0. The molecule has 0 fully saturated rings. The van der Waals surface area contributed by atoms with Gasteiger partial charge in [-0.15, -0.1) is 0 Å². The van der Waals surface area contributed by atoms with Gasteiger partial charge >= 0.3 is 0 Å². The summed E-state index contributed by atoms with van der Waals surface area (Å²) < 4.78 is 10.4. The number of aryl methyl sites for hydroxylation is 1. The summed E-state index contributed by atoms with van der Waals surface area (Å²) in [5, 5.41) is 10.3. The molecule has 0 bridgehead atoms. The SMILES string of the molecule is COc1ccc(CC(O)c2ccc(C)c(OC)c2)cc1. The fourth-order valence-corrected chi connectivity index (χ4v) is 2.15. The molecule has 1 unspecified atom stereocenters. The maximum absolute atomic E-state index is 10.3. The van der Waals surface area contributed by atoms with Crippen LogP contribution in [0.3, 0.4) is 0 Å². The molecule has 0 heterocycles. The summed E-state index contributed by atoms with van der Waals surface area (Å²) in [6.45, 7) is 1.98. The van der Waals surface area contributed by atoms with Crippen LogP contribution in [-0.2, 0) is 6.42 Å². The van der Waals surface area contributed by atoms with Crippen molar-refractivity contribution in [2.24, 2.45) is 0 Å². The predicted octanol–water partition coefficient (Wildman–Crippen LogP) is 3.29. The number of methoxy groups -OCH3 is 2. The minimum Gasteiger partial charge on any atom is -0.497 e. The molecule has 0 radical (unpaired) electrons. The third kappa shape index (κ3) is 3.31. The van der Waals surface area contributed by atoms with Gasteiger partial charge in [0.2, 0.25) is 0 Å². The summed E-state index contributed by atoms with van der Waals surface area (Å²) in [7, 11) is 3.28. The first-order chi connectivity index (χ1) is 9.63. The Kier molecular flexibility index (Phi) is 4.64. The molecule has 0 aliphatic carbocycles. The number of aliphatic hydroxyl groups is 1. The fraction of sp³-hybridized carbons (Fsp3) is 0.294. The van der Waals surface area contributed by atoms with E-state index in [-0.39, 0.29) is 0 Å². The zero-order valence-corrected chi connectivity index (χ0v) is 12.1. The summed E-state index contributed by atoms with van der Waals surface area (Å²) in [4.78, 5) is 0. The molecule has 0 saturated carbocycles. The van der Waals surface area contributed by atoms with E-state index < -0.39 is 6.10 Å². The lowest BCUT2D eigenvalue weighted by atomic mass is 10.00. The molecule has 3 nitrogen and oxygen atoms in total. The van der Waals surface area contributed by atoms with Crippen LogP contribution in [0.2, 0.25) is 0 Å². The minimum absolute atomic E-state index is 0.544. The van der Waals surface area contributed by atoms with Gasteiger partial charge in [0.15, 0.2) is 0 Å². The van der Waals surface area contributed by atoms with Crippen molar-refractivity contribution >= 4 is 0 Å². The van der Waals surface area contributed by atoms with Gasteiger partial charge in [-0.05, 0) is 41.8 Å². The summed E-state index contributed by atoms with van der Waals surface area (Å²) in [6, 6.07) is 13.5. The second-order valence-corrected chi connectivity index (χ2v) is 4.80. The lowest BCUT2D eigenvalue weighted by Gasteiger charge is -2.14. The van der Waals surface area contributed by atoms with Crippen molar-refractivity contribution in [2.75, 3.05) is 14.2 Å². The van der Waals surface area contributed by atoms with E-state index in [1.807, 2.05) is 49.4 Å². The average molecular weight is 272 g/mol. The molecule has 2 rings (SSSR count). The monoisotopic (exact) mass is 272 g/mol. The van der Waals surface area contributed by atoms with E-state index in [0.29, 0.717) is 6.42 Å². The molecule has 106 valence electrons. The lowest BCUT2D eigenvalue weighted by molar-refractivity contribution is 0.178. The molecule has 2 aromatic rings. The van der Waals surface area contributed by atoms with Crippen LogP contribution in [-0.4, -0.2) is 19.3 Å². The topological polar surface area (TPSA) is 38.7 Å². The van der Waals surface area contributed by atoms with Crippen LogP contribution in [0.25, 0.3) is 0 Å². The van der Waals surface area contributed by atoms with E-state index in [9.17, 15) is 5.11 Å². The third-order valence-corrected chi connectivity index (χ3v) is 3.40. The molecule has 1 atom stereocenters. The van der Waals surface area contributed by atoms with Gasteiger partial charge in [-0.25, -0.2) is 0 Å². The molecule has 2 aromatic carbocycles. The number of benzene rings is 2. The minimum atomic E-state index is -0.544. The van der Waals surface area contributed by atoms with Gasteiger partial charge in [0, 0.05) is 6.42 Å². The second-order valence-electron chi connectivity index (χ2n) is 4.80. The summed E-state index contributed by atoms with van der Waals surface area (Å²) in [5.41, 5.74) is 2.99. The van der Waals surface area contributed by atoms with Gasteiger partial charge in [-0.3, -0.25) is 0 Å². The second kappa shape index (κ2) is 6.44. The molecule has 3 heteroatoms. The molecule has 0 aliphatic rings. The molecule has 0 amide bonds. The molecular formula is C17H20O3. The molecule has 0 spiro atoms. The van der Waals surface area contributed by atoms with Crippen molar-refractivity contribution in [3.05, 3.63) is 59.2 Å².